The zero-order valence-electron chi connectivity index (χ0n) is 7.21. The molecule has 2 rings (SSSR count). The molecule has 2 aromatic rings. The Hall–Kier alpha value is -0.250. The van der Waals surface area contributed by atoms with E-state index in [1.165, 1.54) is 18.2 Å². The van der Waals surface area contributed by atoms with Gasteiger partial charge in [-0.1, -0.05) is 0 Å². The minimum atomic E-state index is 0.0375. The third-order valence-corrected chi connectivity index (χ3v) is 4.95. The topological polar surface area (TPSA) is 0 Å². The van der Waals surface area contributed by atoms with Crippen LogP contribution in [0.5, 0.6) is 0 Å². The Labute approximate surface area is 82.8 Å². The Bertz CT molecular complexity index is 373. The van der Waals surface area contributed by atoms with Crippen molar-refractivity contribution in [2.45, 2.75) is 19.8 Å². The van der Waals surface area contributed by atoms with Crippen LogP contribution in [-0.2, 0) is 6.42 Å². The summed E-state index contributed by atoms with van der Waals surface area (Å²) in [4.78, 5) is 0. The third kappa shape index (κ3) is 1.44. The molecule has 0 spiro atoms. The molecule has 12 heavy (non-hydrogen) atoms. The average Bonchev–Trinajstić information content (AvgIpc) is 2.53. The summed E-state index contributed by atoms with van der Waals surface area (Å²) in [5, 5.41) is 1.49. The van der Waals surface area contributed by atoms with Crippen molar-refractivity contribution in [1.82, 2.24) is 0 Å². The van der Waals surface area contributed by atoms with Crippen LogP contribution in [0.1, 0.15) is 18.9 Å². The van der Waals surface area contributed by atoms with Crippen LogP contribution in [0.3, 0.4) is 0 Å². The van der Waals surface area contributed by atoms with E-state index >= 15 is 0 Å². The van der Waals surface area contributed by atoms with Gasteiger partial charge in [0, 0.05) is 0 Å². The van der Waals surface area contributed by atoms with Gasteiger partial charge < -0.3 is 0 Å². The van der Waals surface area contributed by atoms with Crippen molar-refractivity contribution in [2.24, 2.45) is 0 Å². The molecule has 0 nitrogen and oxygen atoms in total. The van der Waals surface area contributed by atoms with E-state index in [0.717, 1.165) is 0 Å². The van der Waals surface area contributed by atoms with Crippen LogP contribution in [0.15, 0.2) is 28.3 Å². The summed E-state index contributed by atoms with van der Waals surface area (Å²) in [6, 6.07) is 9.01. The van der Waals surface area contributed by atoms with Gasteiger partial charge in [-0.2, -0.15) is 0 Å². The molecule has 0 bridgehead atoms. The molecule has 1 aromatic heterocycles. The number of benzene rings is 1. The van der Waals surface area contributed by atoms with E-state index < -0.39 is 0 Å². The van der Waals surface area contributed by atoms with Crippen LogP contribution in [-0.4, -0.2) is 20.4 Å². The summed E-state index contributed by atoms with van der Waals surface area (Å²) in [7, 11) is 0. The van der Waals surface area contributed by atoms with Crippen LogP contribution in [0.2, 0.25) is 0 Å². The molecule has 0 fully saturated rings. The number of rotatable bonds is 2. The van der Waals surface area contributed by atoms with E-state index in [-0.39, 0.29) is 20.4 Å². The van der Waals surface area contributed by atoms with E-state index in [2.05, 4.69) is 35.3 Å². The Morgan fingerprint density at radius 1 is 1.25 bits per heavy atom. The van der Waals surface area contributed by atoms with Gasteiger partial charge in [0.15, 0.2) is 0 Å². The number of fused-ring (bicyclic) bond motifs is 1. The number of hydrogen-bond donors (Lipinski definition) is 0. The SMILES string of the molecule is CCCc1cccc2cc[te]c12. The van der Waals surface area contributed by atoms with Crippen molar-refractivity contribution in [3.63, 3.8) is 0 Å². The van der Waals surface area contributed by atoms with E-state index in [9.17, 15) is 0 Å². The van der Waals surface area contributed by atoms with Crippen molar-refractivity contribution in [3.8, 4) is 0 Å². The molecule has 1 heteroatoms. The molecule has 62 valence electrons. The average molecular weight is 272 g/mol. The molecule has 0 aliphatic carbocycles. The molecular weight excluding hydrogens is 260 g/mol. The first-order valence-corrected chi connectivity index (χ1v) is 6.88. The van der Waals surface area contributed by atoms with Crippen molar-refractivity contribution in [1.29, 1.82) is 0 Å². The van der Waals surface area contributed by atoms with E-state index in [1.54, 1.807) is 8.97 Å². The molecule has 0 unspecified atom stereocenters. The van der Waals surface area contributed by atoms with Crippen molar-refractivity contribution in [2.75, 3.05) is 0 Å². The Morgan fingerprint density at radius 2 is 2.17 bits per heavy atom. The van der Waals surface area contributed by atoms with Gasteiger partial charge in [-0.15, -0.1) is 0 Å². The predicted octanol–water partition coefficient (Wildman–Crippen LogP) is 2.85. The van der Waals surface area contributed by atoms with Crippen molar-refractivity contribution in [3.05, 3.63) is 33.9 Å². The molecule has 0 saturated carbocycles. The fraction of sp³-hybridized carbons (Fsp3) is 0.273. The first-order valence-electron chi connectivity index (χ1n) is 4.37. The standard InChI is InChI=1S/C11H12Te/c1-2-4-9-5-3-6-10-7-8-12-11(9)10/h3,5-8H,2,4H2,1H3. The molecule has 0 saturated heterocycles. The van der Waals surface area contributed by atoms with Gasteiger partial charge in [0.2, 0.25) is 0 Å². The molecule has 0 aliphatic heterocycles. The van der Waals surface area contributed by atoms with Gasteiger partial charge in [0.25, 0.3) is 0 Å². The van der Waals surface area contributed by atoms with Gasteiger partial charge in [-0.25, -0.2) is 0 Å². The molecule has 0 atom stereocenters. The molecule has 0 radical (unpaired) electrons. The van der Waals surface area contributed by atoms with Crippen LogP contribution in [0.4, 0.5) is 0 Å². The summed E-state index contributed by atoms with van der Waals surface area (Å²) < 4.78 is 4.07. The van der Waals surface area contributed by atoms with E-state index in [0.29, 0.717) is 0 Å². The van der Waals surface area contributed by atoms with Gasteiger partial charge in [-0.05, 0) is 0 Å². The molecule has 0 amide bonds. The van der Waals surface area contributed by atoms with Crippen molar-refractivity contribution >= 4 is 29.2 Å². The van der Waals surface area contributed by atoms with Crippen LogP contribution >= 0.6 is 0 Å². The van der Waals surface area contributed by atoms with Gasteiger partial charge in [0.1, 0.15) is 0 Å². The Kier molecular flexibility index (Phi) is 2.54. The molecule has 1 heterocycles. The second kappa shape index (κ2) is 3.64. The first kappa shape index (κ1) is 8.35. The zero-order valence-corrected chi connectivity index (χ0v) is 9.54. The summed E-state index contributed by atoms with van der Waals surface area (Å²) in [5.74, 6) is 0. The molecular formula is C11H12Te. The van der Waals surface area contributed by atoms with Crippen LogP contribution in [0, 0.1) is 0 Å². The second-order valence-corrected chi connectivity index (χ2v) is 5.62. The fourth-order valence-corrected chi connectivity index (χ4v) is 4.22. The summed E-state index contributed by atoms with van der Waals surface area (Å²) in [5.41, 5.74) is 1.60. The summed E-state index contributed by atoms with van der Waals surface area (Å²) >= 11 is 0.0375. The monoisotopic (exact) mass is 274 g/mol. The Morgan fingerprint density at radius 3 is 3.00 bits per heavy atom. The van der Waals surface area contributed by atoms with Crippen LogP contribution < -0.4 is 0 Å². The second-order valence-electron chi connectivity index (χ2n) is 3.01. The Balaban J connectivity index is 2.57. The zero-order chi connectivity index (χ0) is 8.39. The van der Waals surface area contributed by atoms with Gasteiger partial charge in [0.05, 0.1) is 0 Å². The summed E-state index contributed by atoms with van der Waals surface area (Å²) in [6.45, 7) is 2.25. The number of aryl methyl sites for hydroxylation is 1. The van der Waals surface area contributed by atoms with E-state index in [1.807, 2.05) is 0 Å². The van der Waals surface area contributed by atoms with Crippen molar-refractivity contribution < 1.29 is 0 Å². The summed E-state index contributed by atoms with van der Waals surface area (Å²) in [6.07, 6.45) is 2.53. The quantitative estimate of drug-likeness (QED) is 0.737. The van der Waals surface area contributed by atoms with E-state index in [4.69, 9.17) is 0 Å². The third-order valence-electron chi connectivity index (χ3n) is 2.08. The van der Waals surface area contributed by atoms with Gasteiger partial charge >= 0.3 is 82.9 Å². The minimum absolute atomic E-state index is 0.0375. The molecule has 0 aliphatic rings. The molecule has 1 aromatic carbocycles. The molecule has 0 N–H and O–H groups in total. The van der Waals surface area contributed by atoms with Gasteiger partial charge in [-0.3, -0.25) is 0 Å². The normalized spacial score (nSPS) is 10.8. The first-order chi connectivity index (χ1) is 5.92. The fourth-order valence-electron chi connectivity index (χ4n) is 1.52. The maximum absolute atomic E-state index is 2.38. The maximum atomic E-state index is 2.38. The number of hydrogen-bond acceptors (Lipinski definition) is 0. The predicted molar refractivity (Wildman–Crippen MR) is 54.9 cm³/mol. The van der Waals surface area contributed by atoms with Crippen LogP contribution in [0.25, 0.3) is 8.79 Å².